The van der Waals surface area contributed by atoms with Crippen molar-refractivity contribution in [3.8, 4) is 0 Å². The zero-order chi connectivity index (χ0) is 19.6. The van der Waals surface area contributed by atoms with Crippen molar-refractivity contribution in [2.45, 2.75) is 50.5 Å². The first-order chi connectivity index (χ1) is 13.6. The molecule has 0 radical (unpaired) electrons. The Hall–Kier alpha value is -1.73. The molecule has 2 atom stereocenters. The average Bonchev–Trinajstić information content (AvgIpc) is 2.99. The van der Waals surface area contributed by atoms with E-state index in [2.05, 4.69) is 10.2 Å². The van der Waals surface area contributed by atoms with Crippen molar-refractivity contribution < 1.29 is 19.1 Å². The summed E-state index contributed by atoms with van der Waals surface area (Å²) in [4.78, 5) is 41.4. The smallest absolute Gasteiger partial charge is 0.240 e. The van der Waals surface area contributed by atoms with Crippen molar-refractivity contribution in [2.75, 3.05) is 39.4 Å². The highest BCUT2D eigenvalue weighted by atomic mass is 16.5. The maximum Gasteiger partial charge on any atom is 0.240 e. The minimum atomic E-state index is -0.275. The summed E-state index contributed by atoms with van der Waals surface area (Å²) in [7, 11) is 0. The molecular formula is C21H31N3O4. The minimum Gasteiger partial charge on any atom is -0.379 e. The molecule has 1 N–H and O–H groups in total. The summed E-state index contributed by atoms with van der Waals surface area (Å²) in [6.45, 7) is 3.71. The van der Waals surface area contributed by atoms with Gasteiger partial charge in [-0.05, 0) is 25.7 Å². The van der Waals surface area contributed by atoms with E-state index in [-0.39, 0.29) is 41.6 Å². The van der Waals surface area contributed by atoms with E-state index in [1.807, 2.05) is 12.2 Å². The molecule has 2 aliphatic heterocycles. The SMILES string of the molecule is O=C(CN1C(=O)[C@H]2CC=CC[C@H]2C1=O)NCC1(N2CCOCC2)CCCCC1. The first-order valence-corrected chi connectivity index (χ1v) is 10.7. The van der Waals surface area contributed by atoms with Gasteiger partial charge in [0.05, 0.1) is 25.0 Å². The summed E-state index contributed by atoms with van der Waals surface area (Å²) >= 11 is 0. The van der Waals surface area contributed by atoms with Crippen LogP contribution in [0.15, 0.2) is 12.2 Å². The Bertz CT molecular complexity index is 624. The molecule has 0 aromatic rings. The third kappa shape index (κ3) is 3.74. The fourth-order valence-electron chi connectivity index (χ4n) is 5.34. The van der Waals surface area contributed by atoms with Crippen molar-refractivity contribution >= 4 is 17.7 Å². The normalized spacial score (nSPS) is 30.4. The van der Waals surface area contributed by atoms with E-state index in [0.29, 0.717) is 19.4 Å². The van der Waals surface area contributed by atoms with Gasteiger partial charge in [0.15, 0.2) is 0 Å². The minimum absolute atomic E-state index is 0.0192. The number of fused-ring (bicyclic) bond motifs is 1. The zero-order valence-corrected chi connectivity index (χ0v) is 16.5. The van der Waals surface area contributed by atoms with E-state index >= 15 is 0 Å². The number of carbonyl (C=O) groups is 3. The number of morpholine rings is 1. The van der Waals surface area contributed by atoms with Crippen LogP contribution in [-0.2, 0) is 19.1 Å². The van der Waals surface area contributed by atoms with Crippen LogP contribution in [0, 0.1) is 11.8 Å². The number of imide groups is 1. The number of nitrogens with one attached hydrogen (secondary N) is 1. The highest BCUT2D eigenvalue weighted by Gasteiger charge is 2.48. The molecule has 2 heterocycles. The van der Waals surface area contributed by atoms with Crippen molar-refractivity contribution in [2.24, 2.45) is 11.8 Å². The molecule has 3 amide bonds. The average molecular weight is 389 g/mol. The second-order valence-corrected chi connectivity index (χ2v) is 8.58. The highest BCUT2D eigenvalue weighted by Crippen LogP contribution is 2.35. The van der Waals surface area contributed by atoms with E-state index in [1.165, 1.54) is 24.2 Å². The van der Waals surface area contributed by atoms with E-state index < -0.39 is 0 Å². The van der Waals surface area contributed by atoms with Crippen LogP contribution in [0.5, 0.6) is 0 Å². The number of hydrogen-bond donors (Lipinski definition) is 1. The summed E-state index contributed by atoms with van der Waals surface area (Å²) in [6.07, 6.45) is 10.9. The lowest BCUT2D eigenvalue weighted by Crippen LogP contribution is -2.60. The zero-order valence-electron chi connectivity index (χ0n) is 16.5. The lowest BCUT2D eigenvalue weighted by atomic mass is 9.79. The van der Waals surface area contributed by atoms with Crippen LogP contribution >= 0.6 is 0 Å². The Kier molecular flexibility index (Phi) is 5.83. The van der Waals surface area contributed by atoms with Crippen molar-refractivity contribution in [1.29, 1.82) is 0 Å². The van der Waals surface area contributed by atoms with Gasteiger partial charge in [-0.3, -0.25) is 24.2 Å². The van der Waals surface area contributed by atoms with Gasteiger partial charge in [-0.25, -0.2) is 0 Å². The number of hydrogen-bond acceptors (Lipinski definition) is 5. The topological polar surface area (TPSA) is 79.0 Å². The molecule has 154 valence electrons. The largest absolute Gasteiger partial charge is 0.379 e. The van der Waals surface area contributed by atoms with Crippen LogP contribution in [0.25, 0.3) is 0 Å². The molecule has 4 rings (SSSR count). The number of ether oxygens (including phenoxy) is 1. The van der Waals surface area contributed by atoms with Gasteiger partial charge in [0, 0.05) is 25.2 Å². The van der Waals surface area contributed by atoms with E-state index in [0.717, 1.165) is 39.1 Å². The van der Waals surface area contributed by atoms with Gasteiger partial charge in [0.2, 0.25) is 17.7 Å². The first-order valence-electron chi connectivity index (χ1n) is 10.7. The molecular weight excluding hydrogens is 358 g/mol. The Morgan fingerprint density at radius 3 is 2.25 bits per heavy atom. The Labute approximate surface area is 166 Å². The van der Waals surface area contributed by atoms with Crippen LogP contribution in [0.3, 0.4) is 0 Å². The summed E-state index contributed by atoms with van der Waals surface area (Å²) in [6, 6.07) is 0. The number of carbonyl (C=O) groups excluding carboxylic acids is 3. The Morgan fingerprint density at radius 1 is 1.04 bits per heavy atom. The lowest BCUT2D eigenvalue weighted by molar-refractivity contribution is -0.143. The fourth-order valence-corrected chi connectivity index (χ4v) is 5.34. The molecule has 0 aromatic carbocycles. The van der Waals surface area contributed by atoms with Gasteiger partial charge in [-0.1, -0.05) is 31.4 Å². The van der Waals surface area contributed by atoms with Gasteiger partial charge >= 0.3 is 0 Å². The molecule has 2 saturated heterocycles. The summed E-state index contributed by atoms with van der Waals surface area (Å²) in [5.74, 6) is -1.15. The highest BCUT2D eigenvalue weighted by molar-refractivity contribution is 6.07. The molecule has 28 heavy (non-hydrogen) atoms. The standard InChI is InChI=1S/C21H31N3O4/c25-18(14-24-19(26)16-6-2-3-7-17(16)20(24)27)22-15-21(8-4-1-5-9-21)23-10-12-28-13-11-23/h2-3,16-17H,1,4-15H2,(H,22,25)/t16-,17+. The summed E-state index contributed by atoms with van der Waals surface area (Å²) in [5, 5.41) is 3.06. The van der Waals surface area contributed by atoms with E-state index in [1.54, 1.807) is 0 Å². The van der Waals surface area contributed by atoms with E-state index in [9.17, 15) is 14.4 Å². The molecule has 3 fully saturated rings. The molecule has 2 aliphatic carbocycles. The molecule has 4 aliphatic rings. The number of amides is 3. The second-order valence-electron chi connectivity index (χ2n) is 8.58. The van der Waals surface area contributed by atoms with Gasteiger partial charge in [0.1, 0.15) is 6.54 Å². The molecule has 7 nitrogen and oxygen atoms in total. The molecule has 0 aromatic heterocycles. The summed E-state index contributed by atoms with van der Waals surface area (Å²) in [5.41, 5.74) is -0.0192. The molecule has 0 unspecified atom stereocenters. The predicted molar refractivity (Wildman–Crippen MR) is 103 cm³/mol. The maximum absolute atomic E-state index is 12.6. The van der Waals surface area contributed by atoms with Crippen molar-refractivity contribution in [3.05, 3.63) is 12.2 Å². The molecule has 0 spiro atoms. The van der Waals surface area contributed by atoms with Gasteiger partial charge < -0.3 is 10.1 Å². The third-order valence-corrected chi connectivity index (χ3v) is 6.98. The lowest BCUT2D eigenvalue weighted by Gasteiger charge is -2.48. The van der Waals surface area contributed by atoms with Crippen LogP contribution < -0.4 is 5.32 Å². The number of allylic oxidation sites excluding steroid dienone is 2. The van der Waals surface area contributed by atoms with Gasteiger partial charge in [-0.2, -0.15) is 0 Å². The Balaban J connectivity index is 1.36. The molecule has 0 bridgehead atoms. The monoisotopic (exact) mass is 389 g/mol. The van der Waals surface area contributed by atoms with Gasteiger partial charge in [-0.15, -0.1) is 0 Å². The van der Waals surface area contributed by atoms with Crippen molar-refractivity contribution in [3.63, 3.8) is 0 Å². The van der Waals surface area contributed by atoms with E-state index in [4.69, 9.17) is 4.74 Å². The van der Waals surface area contributed by atoms with Gasteiger partial charge in [0.25, 0.3) is 0 Å². The third-order valence-electron chi connectivity index (χ3n) is 6.98. The predicted octanol–water partition coefficient (Wildman–Crippen LogP) is 1.09. The Morgan fingerprint density at radius 2 is 1.64 bits per heavy atom. The summed E-state index contributed by atoms with van der Waals surface area (Å²) < 4.78 is 5.50. The molecule has 1 saturated carbocycles. The van der Waals surface area contributed by atoms with Crippen LogP contribution in [0.2, 0.25) is 0 Å². The number of nitrogens with zero attached hydrogens (tertiary/aromatic N) is 2. The van der Waals surface area contributed by atoms with Crippen LogP contribution in [-0.4, -0.2) is 72.5 Å². The van der Waals surface area contributed by atoms with Crippen LogP contribution in [0.1, 0.15) is 44.9 Å². The maximum atomic E-state index is 12.6. The van der Waals surface area contributed by atoms with Crippen LogP contribution in [0.4, 0.5) is 0 Å². The second kappa shape index (κ2) is 8.33. The molecule has 7 heteroatoms. The quantitative estimate of drug-likeness (QED) is 0.563. The van der Waals surface area contributed by atoms with Crippen molar-refractivity contribution in [1.82, 2.24) is 15.1 Å². The number of rotatable bonds is 5. The number of likely N-dealkylation sites (tertiary alicyclic amines) is 1. The first kappa shape index (κ1) is 19.6. The fraction of sp³-hybridized carbons (Fsp3) is 0.762.